The molecular formula is C14H11F4N. The van der Waals surface area contributed by atoms with Gasteiger partial charge in [0.1, 0.15) is 23.3 Å². The molecule has 2 rings (SSSR count). The van der Waals surface area contributed by atoms with Crippen molar-refractivity contribution in [1.29, 1.82) is 0 Å². The highest BCUT2D eigenvalue weighted by molar-refractivity contribution is 5.46. The van der Waals surface area contributed by atoms with Crippen molar-refractivity contribution in [2.75, 3.05) is 5.32 Å². The number of rotatable bonds is 3. The summed E-state index contributed by atoms with van der Waals surface area (Å²) in [6, 6.07) is 5.58. The van der Waals surface area contributed by atoms with E-state index in [4.69, 9.17) is 0 Å². The number of anilines is 1. The fourth-order valence-corrected chi connectivity index (χ4v) is 1.88. The van der Waals surface area contributed by atoms with Gasteiger partial charge in [0, 0.05) is 17.3 Å². The molecule has 1 atom stereocenters. The largest absolute Gasteiger partial charge is 0.378 e. The van der Waals surface area contributed by atoms with Gasteiger partial charge in [-0.1, -0.05) is 6.07 Å². The topological polar surface area (TPSA) is 12.0 Å². The van der Waals surface area contributed by atoms with Crippen LogP contribution in [0.15, 0.2) is 36.4 Å². The summed E-state index contributed by atoms with van der Waals surface area (Å²) in [5.74, 6) is -2.94. The number of hydrogen-bond acceptors (Lipinski definition) is 1. The first-order chi connectivity index (χ1) is 8.97. The summed E-state index contributed by atoms with van der Waals surface area (Å²) in [7, 11) is 0. The highest BCUT2D eigenvalue weighted by Crippen LogP contribution is 2.25. The van der Waals surface area contributed by atoms with Crippen LogP contribution in [-0.4, -0.2) is 0 Å². The Bertz CT molecular complexity index is 557. The van der Waals surface area contributed by atoms with Crippen molar-refractivity contribution in [3.8, 4) is 0 Å². The Kier molecular flexibility index (Phi) is 3.74. The molecule has 0 bridgehead atoms. The molecule has 0 aliphatic heterocycles. The van der Waals surface area contributed by atoms with Gasteiger partial charge in [-0.05, 0) is 31.2 Å². The van der Waals surface area contributed by atoms with Gasteiger partial charge in [-0.3, -0.25) is 0 Å². The van der Waals surface area contributed by atoms with Crippen LogP contribution in [0.25, 0.3) is 0 Å². The van der Waals surface area contributed by atoms with Gasteiger partial charge >= 0.3 is 0 Å². The van der Waals surface area contributed by atoms with Crippen LogP contribution in [0.3, 0.4) is 0 Å². The number of halogens is 4. The molecule has 0 spiro atoms. The van der Waals surface area contributed by atoms with Gasteiger partial charge in [-0.2, -0.15) is 0 Å². The van der Waals surface area contributed by atoms with E-state index in [1.807, 2.05) is 0 Å². The molecule has 0 aliphatic rings. The summed E-state index contributed by atoms with van der Waals surface area (Å²) in [4.78, 5) is 0. The lowest BCUT2D eigenvalue weighted by Crippen LogP contribution is -2.11. The monoisotopic (exact) mass is 269 g/mol. The van der Waals surface area contributed by atoms with Crippen molar-refractivity contribution in [3.63, 3.8) is 0 Å². The summed E-state index contributed by atoms with van der Waals surface area (Å²) in [5.41, 5.74) is -0.0557. The smallest absolute Gasteiger partial charge is 0.131 e. The Morgan fingerprint density at radius 3 is 1.95 bits per heavy atom. The van der Waals surface area contributed by atoms with E-state index in [9.17, 15) is 17.6 Å². The minimum atomic E-state index is -0.762. The van der Waals surface area contributed by atoms with Crippen molar-refractivity contribution < 1.29 is 17.6 Å². The van der Waals surface area contributed by atoms with Crippen molar-refractivity contribution in [2.24, 2.45) is 0 Å². The summed E-state index contributed by atoms with van der Waals surface area (Å²) in [6.45, 7) is 1.50. The van der Waals surface area contributed by atoms with E-state index in [0.717, 1.165) is 30.3 Å². The zero-order valence-corrected chi connectivity index (χ0v) is 10.1. The molecule has 0 amide bonds. The first-order valence-corrected chi connectivity index (χ1v) is 5.64. The zero-order valence-electron chi connectivity index (χ0n) is 10.1. The molecular weight excluding hydrogens is 258 g/mol. The molecule has 0 aliphatic carbocycles. The average molecular weight is 269 g/mol. The van der Waals surface area contributed by atoms with E-state index in [2.05, 4.69) is 5.32 Å². The van der Waals surface area contributed by atoms with Crippen molar-refractivity contribution in [1.82, 2.24) is 0 Å². The van der Waals surface area contributed by atoms with Gasteiger partial charge < -0.3 is 5.32 Å². The summed E-state index contributed by atoms with van der Waals surface area (Å²) < 4.78 is 53.1. The van der Waals surface area contributed by atoms with Crippen LogP contribution in [0.5, 0.6) is 0 Å². The Balaban J connectivity index is 2.28. The lowest BCUT2D eigenvalue weighted by Gasteiger charge is -2.17. The van der Waals surface area contributed by atoms with Crippen LogP contribution < -0.4 is 5.32 Å². The molecule has 0 saturated heterocycles. The summed E-state index contributed by atoms with van der Waals surface area (Å²) in [5, 5.41) is 2.66. The van der Waals surface area contributed by atoms with Crippen LogP contribution in [0.1, 0.15) is 18.5 Å². The third-order valence-electron chi connectivity index (χ3n) is 2.68. The fourth-order valence-electron chi connectivity index (χ4n) is 1.88. The Morgan fingerprint density at radius 2 is 1.42 bits per heavy atom. The number of hydrogen-bond donors (Lipinski definition) is 1. The second-order valence-corrected chi connectivity index (χ2v) is 4.16. The molecule has 5 heteroatoms. The first-order valence-electron chi connectivity index (χ1n) is 5.64. The van der Waals surface area contributed by atoms with E-state index in [0.29, 0.717) is 0 Å². The maximum Gasteiger partial charge on any atom is 0.131 e. The van der Waals surface area contributed by atoms with Gasteiger partial charge in [0.15, 0.2) is 0 Å². The van der Waals surface area contributed by atoms with Crippen LogP contribution >= 0.6 is 0 Å². The molecule has 0 aromatic heterocycles. The van der Waals surface area contributed by atoms with Crippen molar-refractivity contribution in [3.05, 3.63) is 65.2 Å². The molecule has 0 radical (unpaired) electrons. The summed E-state index contributed by atoms with van der Waals surface area (Å²) >= 11 is 0. The second kappa shape index (κ2) is 5.30. The Hall–Kier alpha value is -2.04. The predicted molar refractivity (Wildman–Crippen MR) is 64.8 cm³/mol. The molecule has 0 fully saturated rings. The van der Waals surface area contributed by atoms with Gasteiger partial charge in [-0.15, -0.1) is 0 Å². The molecule has 19 heavy (non-hydrogen) atoms. The quantitative estimate of drug-likeness (QED) is 0.813. The maximum atomic E-state index is 13.5. The van der Waals surface area contributed by atoms with Gasteiger partial charge in [0.2, 0.25) is 0 Å². The SMILES string of the molecule is CC(Nc1cc(F)cc(F)c1)c1c(F)cccc1F. The zero-order chi connectivity index (χ0) is 14.0. The maximum absolute atomic E-state index is 13.5. The normalized spacial score (nSPS) is 12.3. The first kappa shape index (κ1) is 13.4. The Morgan fingerprint density at radius 1 is 0.895 bits per heavy atom. The van der Waals surface area contributed by atoms with E-state index in [-0.39, 0.29) is 11.3 Å². The highest BCUT2D eigenvalue weighted by Gasteiger charge is 2.16. The number of benzene rings is 2. The minimum absolute atomic E-state index is 0.118. The van der Waals surface area contributed by atoms with E-state index < -0.39 is 29.3 Å². The minimum Gasteiger partial charge on any atom is -0.378 e. The lowest BCUT2D eigenvalue weighted by molar-refractivity contribution is 0.543. The van der Waals surface area contributed by atoms with Crippen LogP contribution in [0, 0.1) is 23.3 Å². The van der Waals surface area contributed by atoms with Gasteiger partial charge in [0.25, 0.3) is 0 Å². The van der Waals surface area contributed by atoms with Gasteiger partial charge in [0.05, 0.1) is 6.04 Å². The van der Waals surface area contributed by atoms with Gasteiger partial charge in [-0.25, -0.2) is 17.6 Å². The molecule has 2 aromatic carbocycles. The Labute approximate surface area is 107 Å². The number of nitrogens with one attached hydrogen (secondary N) is 1. The molecule has 0 saturated carbocycles. The standard InChI is InChI=1S/C14H11F4N/c1-8(14-12(17)3-2-4-13(14)18)19-11-6-9(15)5-10(16)7-11/h2-8,19H,1H3. The molecule has 100 valence electrons. The van der Waals surface area contributed by atoms with Crippen LogP contribution in [0.2, 0.25) is 0 Å². The third-order valence-corrected chi connectivity index (χ3v) is 2.68. The summed E-state index contributed by atoms with van der Waals surface area (Å²) in [6.07, 6.45) is 0. The molecule has 1 nitrogen and oxygen atoms in total. The third kappa shape index (κ3) is 3.05. The van der Waals surface area contributed by atoms with Crippen LogP contribution in [0.4, 0.5) is 23.2 Å². The predicted octanol–water partition coefficient (Wildman–Crippen LogP) is 4.42. The van der Waals surface area contributed by atoms with Crippen molar-refractivity contribution >= 4 is 5.69 Å². The van der Waals surface area contributed by atoms with E-state index in [1.54, 1.807) is 0 Å². The lowest BCUT2D eigenvalue weighted by atomic mass is 10.1. The second-order valence-electron chi connectivity index (χ2n) is 4.16. The average Bonchev–Trinajstić information content (AvgIpc) is 2.26. The molecule has 1 N–H and O–H groups in total. The molecule has 1 unspecified atom stereocenters. The fraction of sp³-hybridized carbons (Fsp3) is 0.143. The molecule has 0 heterocycles. The van der Waals surface area contributed by atoms with Crippen LogP contribution in [-0.2, 0) is 0 Å². The van der Waals surface area contributed by atoms with E-state index in [1.165, 1.54) is 13.0 Å². The van der Waals surface area contributed by atoms with E-state index >= 15 is 0 Å². The van der Waals surface area contributed by atoms with Crippen molar-refractivity contribution in [2.45, 2.75) is 13.0 Å². The molecule has 2 aromatic rings. The highest BCUT2D eigenvalue weighted by atomic mass is 19.1.